The fraction of sp³-hybridized carbons (Fsp3) is 0.294. The van der Waals surface area contributed by atoms with E-state index >= 15 is 0 Å². The van der Waals surface area contributed by atoms with E-state index in [0.29, 0.717) is 0 Å². The number of benzene rings is 2. The van der Waals surface area contributed by atoms with Crippen molar-refractivity contribution >= 4 is 0 Å². The van der Waals surface area contributed by atoms with Gasteiger partial charge in [-0.25, -0.2) is 0 Å². The maximum Gasteiger partial charge on any atom is -0.00230 e. The second kappa shape index (κ2) is 4.75. The van der Waals surface area contributed by atoms with Gasteiger partial charge in [0.2, 0.25) is 0 Å². The highest BCUT2D eigenvalue weighted by molar-refractivity contribution is 5.41. The minimum atomic E-state index is 1.03. The molecule has 0 aliphatic heterocycles. The number of aryl methyl sites for hydroxylation is 2. The summed E-state index contributed by atoms with van der Waals surface area (Å²) in [4.78, 5) is 0. The van der Waals surface area contributed by atoms with Gasteiger partial charge >= 0.3 is 0 Å². The van der Waals surface area contributed by atoms with Crippen molar-refractivity contribution in [2.45, 2.75) is 34.1 Å². The minimum absolute atomic E-state index is 1.03. The van der Waals surface area contributed by atoms with Crippen LogP contribution in [0.5, 0.6) is 0 Å². The van der Waals surface area contributed by atoms with Crippen LogP contribution in [0, 0.1) is 27.7 Å². The zero-order valence-corrected chi connectivity index (χ0v) is 11.2. The first kappa shape index (κ1) is 11.9. The Morgan fingerprint density at radius 3 is 2.00 bits per heavy atom. The lowest BCUT2D eigenvalue weighted by molar-refractivity contribution is 1.12. The number of rotatable bonds is 2. The van der Waals surface area contributed by atoms with E-state index < -0.39 is 0 Å². The van der Waals surface area contributed by atoms with Crippen LogP contribution < -0.4 is 0 Å². The van der Waals surface area contributed by atoms with Gasteiger partial charge in [0.1, 0.15) is 0 Å². The quantitative estimate of drug-likeness (QED) is 0.704. The van der Waals surface area contributed by atoms with Gasteiger partial charge in [-0.3, -0.25) is 0 Å². The van der Waals surface area contributed by atoms with E-state index in [-0.39, 0.29) is 0 Å². The van der Waals surface area contributed by atoms with Crippen molar-refractivity contribution in [3.63, 3.8) is 0 Å². The fourth-order valence-corrected chi connectivity index (χ4v) is 2.13. The third kappa shape index (κ3) is 2.58. The highest BCUT2D eigenvalue weighted by Gasteiger charge is 2.04. The van der Waals surface area contributed by atoms with Gasteiger partial charge in [0.25, 0.3) is 0 Å². The van der Waals surface area contributed by atoms with Crippen molar-refractivity contribution in [1.82, 2.24) is 0 Å². The molecule has 0 saturated heterocycles. The first-order valence-electron chi connectivity index (χ1n) is 6.19. The van der Waals surface area contributed by atoms with Crippen molar-refractivity contribution < 1.29 is 0 Å². The molecule has 0 radical (unpaired) electrons. The number of hydrogen-bond donors (Lipinski definition) is 0. The van der Waals surface area contributed by atoms with Gasteiger partial charge in [-0.15, -0.1) is 0 Å². The van der Waals surface area contributed by atoms with Crippen molar-refractivity contribution in [1.29, 1.82) is 0 Å². The Balaban J connectivity index is 2.30. The molecule has 2 aromatic carbocycles. The maximum absolute atomic E-state index is 2.26. The molecule has 0 saturated carbocycles. The lowest BCUT2D eigenvalue weighted by atomic mass is 9.94. The lowest BCUT2D eigenvalue weighted by Gasteiger charge is -2.11. The summed E-state index contributed by atoms with van der Waals surface area (Å²) in [5.74, 6) is 0. The highest BCUT2D eigenvalue weighted by Crippen LogP contribution is 2.20. The van der Waals surface area contributed by atoms with Crippen LogP contribution in [0.1, 0.15) is 33.4 Å². The van der Waals surface area contributed by atoms with Crippen molar-refractivity contribution in [3.05, 3.63) is 69.8 Å². The van der Waals surface area contributed by atoms with E-state index in [1.54, 1.807) is 0 Å². The van der Waals surface area contributed by atoms with Gasteiger partial charge in [0.15, 0.2) is 0 Å². The second-order valence-corrected chi connectivity index (χ2v) is 4.95. The van der Waals surface area contributed by atoms with Crippen LogP contribution in [-0.4, -0.2) is 0 Å². The molecule has 0 aliphatic carbocycles. The topological polar surface area (TPSA) is 0 Å². The molecule has 0 N–H and O–H groups in total. The zero-order chi connectivity index (χ0) is 12.4. The van der Waals surface area contributed by atoms with Gasteiger partial charge in [-0.1, -0.05) is 42.0 Å². The largest absolute Gasteiger partial charge is 0.0590 e. The smallest absolute Gasteiger partial charge is 0.00230 e. The molecular formula is C17H20. The van der Waals surface area contributed by atoms with Gasteiger partial charge < -0.3 is 0 Å². The average molecular weight is 224 g/mol. The summed E-state index contributed by atoms with van der Waals surface area (Å²) in [6.07, 6.45) is 1.03. The van der Waals surface area contributed by atoms with E-state index in [9.17, 15) is 0 Å². The average Bonchev–Trinajstić information content (AvgIpc) is 2.33. The van der Waals surface area contributed by atoms with Gasteiger partial charge in [-0.2, -0.15) is 0 Å². The first-order valence-corrected chi connectivity index (χ1v) is 6.19. The minimum Gasteiger partial charge on any atom is -0.0590 e. The summed E-state index contributed by atoms with van der Waals surface area (Å²) in [6.45, 7) is 8.75. The molecule has 0 spiro atoms. The summed E-state index contributed by atoms with van der Waals surface area (Å²) >= 11 is 0. The Kier molecular flexibility index (Phi) is 3.33. The molecule has 0 fully saturated rings. The van der Waals surface area contributed by atoms with Crippen LogP contribution in [0.3, 0.4) is 0 Å². The third-order valence-corrected chi connectivity index (χ3v) is 3.69. The van der Waals surface area contributed by atoms with Crippen molar-refractivity contribution in [3.8, 4) is 0 Å². The van der Waals surface area contributed by atoms with Gasteiger partial charge in [-0.05, 0) is 61.9 Å². The predicted molar refractivity (Wildman–Crippen MR) is 74.6 cm³/mol. The van der Waals surface area contributed by atoms with Gasteiger partial charge in [0, 0.05) is 0 Å². The molecule has 17 heavy (non-hydrogen) atoms. The van der Waals surface area contributed by atoms with E-state index in [1.807, 2.05) is 0 Å². The fourth-order valence-electron chi connectivity index (χ4n) is 2.13. The molecule has 0 aromatic heterocycles. The SMILES string of the molecule is Cc1ccc(Cc2ccc(C)c(C)c2C)cc1. The molecule has 0 bridgehead atoms. The second-order valence-electron chi connectivity index (χ2n) is 4.95. The summed E-state index contributed by atoms with van der Waals surface area (Å²) < 4.78 is 0. The standard InChI is InChI=1S/C17H20/c1-12-5-8-16(9-6-12)11-17-10-7-13(2)14(3)15(17)4/h5-10H,11H2,1-4H3. The van der Waals surface area contributed by atoms with Crippen LogP contribution in [0.15, 0.2) is 36.4 Å². The van der Waals surface area contributed by atoms with Crippen molar-refractivity contribution in [2.24, 2.45) is 0 Å². The molecule has 0 nitrogen and oxygen atoms in total. The number of hydrogen-bond acceptors (Lipinski definition) is 0. The van der Waals surface area contributed by atoms with E-state index in [0.717, 1.165) is 6.42 Å². The Hall–Kier alpha value is -1.56. The van der Waals surface area contributed by atoms with Gasteiger partial charge in [0.05, 0.1) is 0 Å². The lowest BCUT2D eigenvalue weighted by Crippen LogP contribution is -1.96. The van der Waals surface area contributed by atoms with E-state index in [1.165, 1.54) is 33.4 Å². The Labute approximate surface area is 104 Å². The third-order valence-electron chi connectivity index (χ3n) is 3.69. The predicted octanol–water partition coefficient (Wildman–Crippen LogP) is 4.51. The van der Waals surface area contributed by atoms with E-state index in [4.69, 9.17) is 0 Å². The molecule has 0 amide bonds. The first-order chi connectivity index (χ1) is 8.08. The molecule has 0 atom stereocenters. The Bertz CT molecular complexity index is 518. The molecule has 2 aromatic rings. The molecule has 88 valence electrons. The summed E-state index contributed by atoms with van der Waals surface area (Å²) in [5, 5.41) is 0. The summed E-state index contributed by atoms with van der Waals surface area (Å²) in [5.41, 5.74) is 8.40. The van der Waals surface area contributed by atoms with Crippen LogP contribution in [-0.2, 0) is 6.42 Å². The Morgan fingerprint density at radius 1 is 0.706 bits per heavy atom. The zero-order valence-electron chi connectivity index (χ0n) is 11.2. The molecule has 0 aliphatic rings. The summed E-state index contributed by atoms with van der Waals surface area (Å²) in [6, 6.07) is 13.3. The van der Waals surface area contributed by atoms with Crippen molar-refractivity contribution in [2.75, 3.05) is 0 Å². The van der Waals surface area contributed by atoms with Crippen LogP contribution in [0.2, 0.25) is 0 Å². The monoisotopic (exact) mass is 224 g/mol. The molecular weight excluding hydrogens is 204 g/mol. The van der Waals surface area contributed by atoms with Crippen LogP contribution in [0.4, 0.5) is 0 Å². The van der Waals surface area contributed by atoms with Crippen LogP contribution in [0.25, 0.3) is 0 Å². The van der Waals surface area contributed by atoms with E-state index in [2.05, 4.69) is 64.1 Å². The molecule has 0 heteroatoms. The normalized spacial score (nSPS) is 10.6. The molecule has 0 unspecified atom stereocenters. The highest BCUT2D eigenvalue weighted by atomic mass is 14.1. The van der Waals surface area contributed by atoms with Crippen LogP contribution >= 0.6 is 0 Å². The maximum atomic E-state index is 2.26. The molecule has 2 rings (SSSR count). The summed E-state index contributed by atoms with van der Waals surface area (Å²) in [7, 11) is 0. The Morgan fingerprint density at radius 2 is 1.35 bits per heavy atom. The molecule has 0 heterocycles.